The van der Waals surface area contributed by atoms with Crippen LogP contribution in [0.15, 0.2) is 0 Å². The van der Waals surface area contributed by atoms with Gasteiger partial charge >= 0.3 is 5.97 Å². The minimum Gasteiger partial charge on any atom is -0.469 e. The highest BCUT2D eigenvalue weighted by molar-refractivity contribution is 7.89. The van der Waals surface area contributed by atoms with E-state index in [4.69, 9.17) is 0 Å². The molecule has 7 heteroatoms. The van der Waals surface area contributed by atoms with Crippen LogP contribution in [0.4, 0.5) is 0 Å². The van der Waals surface area contributed by atoms with Crippen LogP contribution >= 0.6 is 0 Å². The normalized spacial score (nSPS) is 19.1. The van der Waals surface area contributed by atoms with Crippen molar-refractivity contribution in [1.29, 1.82) is 0 Å². The van der Waals surface area contributed by atoms with Crippen molar-refractivity contribution < 1.29 is 23.1 Å². The molecule has 0 aromatic rings. The zero-order valence-corrected chi connectivity index (χ0v) is 12.2. The molecule has 2 N–H and O–H groups in total. The third-order valence-corrected chi connectivity index (χ3v) is 4.84. The molecule has 0 unspecified atom stereocenters. The lowest BCUT2D eigenvalue weighted by molar-refractivity contribution is -0.140. The molecule has 1 saturated carbocycles. The van der Waals surface area contributed by atoms with E-state index in [0.717, 1.165) is 19.3 Å². The van der Waals surface area contributed by atoms with E-state index in [1.165, 1.54) is 7.11 Å². The number of methoxy groups -OCH3 is 1. The molecule has 1 aliphatic rings. The Bertz CT molecular complexity index is 387. The van der Waals surface area contributed by atoms with E-state index in [0.29, 0.717) is 12.8 Å². The van der Waals surface area contributed by atoms with Gasteiger partial charge in [0.15, 0.2) is 0 Å². The van der Waals surface area contributed by atoms with Crippen molar-refractivity contribution >= 4 is 16.0 Å². The van der Waals surface area contributed by atoms with Gasteiger partial charge < -0.3 is 9.84 Å². The molecule has 1 aliphatic carbocycles. The first-order chi connectivity index (χ1) is 8.87. The van der Waals surface area contributed by atoms with Crippen LogP contribution < -0.4 is 4.72 Å². The summed E-state index contributed by atoms with van der Waals surface area (Å²) in [6, 6.07) is 0. The van der Waals surface area contributed by atoms with E-state index < -0.39 is 21.6 Å². The summed E-state index contributed by atoms with van der Waals surface area (Å²) >= 11 is 0. The first kappa shape index (κ1) is 16.4. The standard InChI is InChI=1S/C12H23NO5S/c1-18-11(14)6-5-9-19(16,17)13-10-12(15)7-3-2-4-8-12/h13,15H,2-10H2,1H3. The fourth-order valence-corrected chi connectivity index (χ4v) is 3.37. The molecule has 1 fully saturated rings. The van der Waals surface area contributed by atoms with Crippen molar-refractivity contribution in [2.75, 3.05) is 19.4 Å². The van der Waals surface area contributed by atoms with E-state index in [-0.39, 0.29) is 25.1 Å². The van der Waals surface area contributed by atoms with Crippen molar-refractivity contribution in [3.05, 3.63) is 0 Å². The van der Waals surface area contributed by atoms with Gasteiger partial charge in [-0.2, -0.15) is 0 Å². The number of sulfonamides is 1. The Labute approximate surface area is 114 Å². The molecule has 0 atom stereocenters. The van der Waals surface area contributed by atoms with Gasteiger partial charge in [0.1, 0.15) is 0 Å². The summed E-state index contributed by atoms with van der Waals surface area (Å²) < 4.78 is 30.3. The Kier molecular flexibility index (Phi) is 6.22. The maximum absolute atomic E-state index is 11.7. The first-order valence-electron chi connectivity index (χ1n) is 6.63. The molecule has 0 radical (unpaired) electrons. The van der Waals surface area contributed by atoms with Crippen molar-refractivity contribution in [1.82, 2.24) is 4.72 Å². The van der Waals surface area contributed by atoms with Gasteiger partial charge in [-0.25, -0.2) is 13.1 Å². The Balaban J connectivity index is 2.31. The lowest BCUT2D eigenvalue weighted by Gasteiger charge is -2.32. The molecular weight excluding hydrogens is 270 g/mol. The Morgan fingerprint density at radius 1 is 1.32 bits per heavy atom. The Morgan fingerprint density at radius 2 is 1.95 bits per heavy atom. The van der Waals surface area contributed by atoms with Crippen LogP contribution in [0.2, 0.25) is 0 Å². The molecule has 112 valence electrons. The second-order valence-corrected chi connectivity index (χ2v) is 7.03. The average Bonchev–Trinajstić information content (AvgIpc) is 2.37. The number of nitrogens with one attached hydrogen (secondary N) is 1. The molecule has 0 aromatic heterocycles. The zero-order valence-electron chi connectivity index (χ0n) is 11.4. The third-order valence-electron chi connectivity index (χ3n) is 3.43. The summed E-state index contributed by atoms with van der Waals surface area (Å²) in [6.07, 6.45) is 4.53. The summed E-state index contributed by atoms with van der Waals surface area (Å²) in [5, 5.41) is 10.2. The summed E-state index contributed by atoms with van der Waals surface area (Å²) in [5.74, 6) is -0.542. The van der Waals surface area contributed by atoms with Crippen molar-refractivity contribution in [3.8, 4) is 0 Å². The van der Waals surface area contributed by atoms with Gasteiger partial charge in [0.25, 0.3) is 0 Å². The highest BCUT2D eigenvalue weighted by Gasteiger charge is 2.30. The summed E-state index contributed by atoms with van der Waals surface area (Å²) in [4.78, 5) is 10.9. The largest absolute Gasteiger partial charge is 0.469 e. The lowest BCUT2D eigenvalue weighted by atomic mass is 9.85. The lowest BCUT2D eigenvalue weighted by Crippen LogP contribution is -2.44. The van der Waals surface area contributed by atoms with Gasteiger partial charge in [0, 0.05) is 13.0 Å². The maximum atomic E-state index is 11.7. The predicted octanol–water partition coefficient (Wildman–Crippen LogP) is 0.554. The monoisotopic (exact) mass is 293 g/mol. The van der Waals surface area contributed by atoms with Gasteiger partial charge in [0.2, 0.25) is 10.0 Å². The SMILES string of the molecule is COC(=O)CCCS(=O)(=O)NCC1(O)CCCCC1. The fourth-order valence-electron chi connectivity index (χ4n) is 2.21. The number of carbonyl (C=O) groups excluding carboxylic acids is 1. The van der Waals surface area contributed by atoms with E-state index in [9.17, 15) is 18.3 Å². The molecule has 0 aliphatic heterocycles. The van der Waals surface area contributed by atoms with E-state index in [1.54, 1.807) is 0 Å². The summed E-state index contributed by atoms with van der Waals surface area (Å²) in [6.45, 7) is 0.0631. The van der Waals surface area contributed by atoms with Gasteiger partial charge in [0.05, 0.1) is 18.5 Å². The molecular formula is C12H23NO5S. The van der Waals surface area contributed by atoms with E-state index in [1.807, 2.05) is 0 Å². The van der Waals surface area contributed by atoms with Crippen LogP contribution in [-0.4, -0.2) is 44.5 Å². The van der Waals surface area contributed by atoms with Crippen LogP contribution in [0.3, 0.4) is 0 Å². The number of esters is 1. The van der Waals surface area contributed by atoms with Crippen LogP contribution in [0, 0.1) is 0 Å². The van der Waals surface area contributed by atoms with Crippen molar-refractivity contribution in [2.45, 2.75) is 50.5 Å². The number of carbonyl (C=O) groups is 1. The van der Waals surface area contributed by atoms with Gasteiger partial charge in [-0.3, -0.25) is 4.79 Å². The van der Waals surface area contributed by atoms with Gasteiger partial charge in [-0.1, -0.05) is 19.3 Å². The van der Waals surface area contributed by atoms with Crippen molar-refractivity contribution in [3.63, 3.8) is 0 Å². The zero-order chi connectivity index (χ0) is 14.4. The molecule has 19 heavy (non-hydrogen) atoms. The Morgan fingerprint density at radius 3 is 2.53 bits per heavy atom. The number of ether oxygens (including phenoxy) is 1. The quantitative estimate of drug-likeness (QED) is 0.669. The Hall–Kier alpha value is -0.660. The minimum atomic E-state index is -3.44. The number of hydrogen-bond acceptors (Lipinski definition) is 5. The predicted molar refractivity (Wildman–Crippen MR) is 71.1 cm³/mol. The first-order valence-corrected chi connectivity index (χ1v) is 8.29. The number of hydrogen-bond donors (Lipinski definition) is 2. The van der Waals surface area contributed by atoms with Gasteiger partial charge in [-0.05, 0) is 19.3 Å². The maximum Gasteiger partial charge on any atom is 0.305 e. The molecule has 1 rings (SSSR count). The van der Waals surface area contributed by atoms with Crippen LogP contribution in [0.1, 0.15) is 44.9 Å². The average molecular weight is 293 g/mol. The molecule has 0 spiro atoms. The summed E-state index contributed by atoms with van der Waals surface area (Å²) in [7, 11) is -2.17. The summed E-state index contributed by atoms with van der Waals surface area (Å²) in [5.41, 5.74) is -0.909. The second kappa shape index (κ2) is 7.21. The molecule has 6 nitrogen and oxygen atoms in total. The minimum absolute atomic E-state index is 0.0631. The fraction of sp³-hybridized carbons (Fsp3) is 0.917. The van der Waals surface area contributed by atoms with Crippen LogP contribution in [-0.2, 0) is 19.6 Å². The van der Waals surface area contributed by atoms with Crippen LogP contribution in [0.25, 0.3) is 0 Å². The van der Waals surface area contributed by atoms with Gasteiger partial charge in [-0.15, -0.1) is 0 Å². The second-order valence-electron chi connectivity index (χ2n) is 5.10. The third kappa shape index (κ3) is 6.35. The number of aliphatic hydroxyl groups is 1. The molecule has 0 aromatic carbocycles. The smallest absolute Gasteiger partial charge is 0.305 e. The highest BCUT2D eigenvalue weighted by atomic mass is 32.2. The number of rotatable bonds is 7. The van der Waals surface area contributed by atoms with E-state index in [2.05, 4.69) is 9.46 Å². The topological polar surface area (TPSA) is 92.7 Å². The highest BCUT2D eigenvalue weighted by Crippen LogP contribution is 2.27. The molecule has 0 bridgehead atoms. The molecule has 0 saturated heterocycles. The molecule has 0 amide bonds. The van der Waals surface area contributed by atoms with Crippen LogP contribution in [0.5, 0.6) is 0 Å². The molecule has 0 heterocycles. The van der Waals surface area contributed by atoms with Crippen molar-refractivity contribution in [2.24, 2.45) is 0 Å². The van der Waals surface area contributed by atoms with E-state index >= 15 is 0 Å².